The third kappa shape index (κ3) is 3.28. The highest BCUT2D eigenvalue weighted by Crippen LogP contribution is 2.49. The number of fused-ring (bicyclic) bond motifs is 1. The molecule has 3 aromatic carbocycles. The Bertz CT molecular complexity index is 995. The molecule has 7 heteroatoms. The van der Waals surface area contributed by atoms with Gasteiger partial charge in [0.1, 0.15) is 17.2 Å². The standard InChI is InChI=1S/C23H24N2O5/c1-26-17-11-7-12-18(27-2)21(17)25-16-10-6-5-9-15(16)24-23(25)30-22-19(28-3)13-8-14-20(22)29-4/h5-14,23-24H,1-4H3. The van der Waals surface area contributed by atoms with E-state index in [2.05, 4.69) is 5.32 Å². The van der Waals surface area contributed by atoms with Crippen molar-refractivity contribution in [2.75, 3.05) is 38.7 Å². The quantitative estimate of drug-likeness (QED) is 0.611. The van der Waals surface area contributed by atoms with Gasteiger partial charge in [0, 0.05) is 0 Å². The Morgan fingerprint density at radius 1 is 0.667 bits per heavy atom. The fraction of sp³-hybridized carbons (Fsp3) is 0.217. The van der Waals surface area contributed by atoms with E-state index in [9.17, 15) is 0 Å². The van der Waals surface area contributed by atoms with Crippen LogP contribution in [0.4, 0.5) is 17.1 Å². The topological polar surface area (TPSA) is 61.4 Å². The molecular formula is C23H24N2O5. The van der Waals surface area contributed by atoms with E-state index in [0.29, 0.717) is 28.7 Å². The summed E-state index contributed by atoms with van der Waals surface area (Å²) in [5, 5.41) is 3.42. The van der Waals surface area contributed by atoms with Crippen LogP contribution >= 0.6 is 0 Å². The molecule has 0 fully saturated rings. The lowest BCUT2D eigenvalue weighted by molar-refractivity contribution is 0.217. The van der Waals surface area contributed by atoms with Gasteiger partial charge in [0.2, 0.25) is 5.75 Å². The molecule has 7 nitrogen and oxygen atoms in total. The van der Waals surface area contributed by atoms with Gasteiger partial charge in [-0.05, 0) is 36.4 Å². The van der Waals surface area contributed by atoms with Gasteiger partial charge < -0.3 is 29.0 Å². The van der Waals surface area contributed by atoms with Gasteiger partial charge in [-0.25, -0.2) is 0 Å². The molecule has 0 spiro atoms. The molecule has 1 unspecified atom stereocenters. The summed E-state index contributed by atoms with van der Waals surface area (Å²) in [7, 11) is 6.46. The van der Waals surface area contributed by atoms with Crippen LogP contribution in [0.3, 0.4) is 0 Å². The van der Waals surface area contributed by atoms with Gasteiger partial charge in [0.05, 0.1) is 39.8 Å². The van der Waals surface area contributed by atoms with E-state index in [-0.39, 0.29) is 0 Å². The Balaban J connectivity index is 1.85. The molecule has 1 heterocycles. The van der Waals surface area contributed by atoms with Crippen molar-refractivity contribution in [1.82, 2.24) is 0 Å². The molecule has 0 saturated carbocycles. The Hall–Kier alpha value is -3.74. The van der Waals surface area contributed by atoms with Crippen LogP contribution in [0, 0.1) is 0 Å². The summed E-state index contributed by atoms with van der Waals surface area (Å²) >= 11 is 0. The number of ether oxygens (including phenoxy) is 5. The molecule has 0 amide bonds. The van der Waals surface area contributed by atoms with Gasteiger partial charge in [0.15, 0.2) is 11.5 Å². The van der Waals surface area contributed by atoms with E-state index in [4.69, 9.17) is 23.7 Å². The van der Waals surface area contributed by atoms with Crippen molar-refractivity contribution in [1.29, 1.82) is 0 Å². The summed E-state index contributed by atoms with van der Waals surface area (Å²) in [5.41, 5.74) is 2.60. The first-order valence-electron chi connectivity index (χ1n) is 9.45. The number of hydrogen-bond donors (Lipinski definition) is 1. The van der Waals surface area contributed by atoms with Crippen molar-refractivity contribution in [2.24, 2.45) is 0 Å². The zero-order chi connectivity index (χ0) is 21.1. The van der Waals surface area contributed by atoms with Gasteiger partial charge in [-0.3, -0.25) is 4.90 Å². The van der Waals surface area contributed by atoms with Crippen molar-refractivity contribution in [3.05, 3.63) is 60.7 Å². The maximum Gasteiger partial charge on any atom is 0.256 e. The summed E-state index contributed by atoms with van der Waals surface area (Å²) < 4.78 is 28.7. The minimum atomic E-state index is -0.599. The molecule has 1 N–H and O–H groups in total. The van der Waals surface area contributed by atoms with Crippen LogP contribution in [-0.4, -0.2) is 34.8 Å². The van der Waals surface area contributed by atoms with Gasteiger partial charge in [-0.15, -0.1) is 0 Å². The van der Waals surface area contributed by atoms with Crippen LogP contribution in [-0.2, 0) is 0 Å². The molecular weight excluding hydrogens is 384 g/mol. The molecule has 0 aliphatic carbocycles. The number of rotatable bonds is 7. The number of methoxy groups -OCH3 is 4. The van der Waals surface area contributed by atoms with E-state index in [1.165, 1.54) is 0 Å². The highest BCUT2D eigenvalue weighted by atomic mass is 16.6. The summed E-state index contributed by atoms with van der Waals surface area (Å²) in [6, 6.07) is 19.1. The van der Waals surface area contributed by atoms with Crippen molar-refractivity contribution in [3.63, 3.8) is 0 Å². The minimum absolute atomic E-state index is 0.492. The lowest BCUT2D eigenvalue weighted by Crippen LogP contribution is -2.37. The first-order valence-corrected chi connectivity index (χ1v) is 9.45. The summed E-state index contributed by atoms with van der Waals surface area (Å²) in [5.74, 6) is 2.95. The Labute approximate surface area is 175 Å². The average Bonchev–Trinajstić information content (AvgIpc) is 3.16. The fourth-order valence-electron chi connectivity index (χ4n) is 3.56. The van der Waals surface area contributed by atoms with E-state index >= 15 is 0 Å². The number of anilines is 3. The first-order chi connectivity index (χ1) is 14.7. The van der Waals surface area contributed by atoms with Crippen LogP contribution in [0.25, 0.3) is 0 Å². The van der Waals surface area contributed by atoms with Crippen LogP contribution in [0.15, 0.2) is 60.7 Å². The van der Waals surface area contributed by atoms with Crippen molar-refractivity contribution < 1.29 is 23.7 Å². The smallest absolute Gasteiger partial charge is 0.256 e. The number of para-hydroxylation sites is 4. The van der Waals surface area contributed by atoms with Crippen molar-refractivity contribution >= 4 is 17.1 Å². The zero-order valence-corrected chi connectivity index (χ0v) is 17.3. The molecule has 3 aromatic rings. The zero-order valence-electron chi connectivity index (χ0n) is 17.3. The summed E-state index contributed by atoms with van der Waals surface area (Å²) in [6.07, 6.45) is -0.599. The van der Waals surface area contributed by atoms with E-state index < -0.39 is 6.35 Å². The first kappa shape index (κ1) is 19.6. The molecule has 30 heavy (non-hydrogen) atoms. The number of nitrogens with one attached hydrogen (secondary N) is 1. The minimum Gasteiger partial charge on any atom is -0.494 e. The lowest BCUT2D eigenvalue weighted by atomic mass is 10.2. The highest BCUT2D eigenvalue weighted by molar-refractivity contribution is 5.86. The predicted octanol–water partition coefficient (Wildman–Crippen LogP) is 4.65. The van der Waals surface area contributed by atoms with Crippen LogP contribution in [0.2, 0.25) is 0 Å². The number of hydrogen-bond acceptors (Lipinski definition) is 7. The lowest BCUT2D eigenvalue weighted by Gasteiger charge is -2.30. The normalized spacial score (nSPS) is 14.5. The maximum absolute atomic E-state index is 6.42. The highest BCUT2D eigenvalue weighted by Gasteiger charge is 2.36. The Morgan fingerprint density at radius 2 is 1.20 bits per heavy atom. The maximum atomic E-state index is 6.42. The van der Waals surface area contributed by atoms with Crippen LogP contribution in [0.5, 0.6) is 28.7 Å². The molecule has 4 rings (SSSR count). The molecule has 1 aliphatic heterocycles. The summed E-state index contributed by atoms with van der Waals surface area (Å²) in [4.78, 5) is 2.00. The largest absolute Gasteiger partial charge is 0.494 e. The number of benzene rings is 3. The van der Waals surface area contributed by atoms with Crippen LogP contribution in [0.1, 0.15) is 0 Å². The van der Waals surface area contributed by atoms with Crippen molar-refractivity contribution in [3.8, 4) is 28.7 Å². The third-order valence-electron chi connectivity index (χ3n) is 4.93. The van der Waals surface area contributed by atoms with E-state index in [0.717, 1.165) is 17.1 Å². The molecule has 156 valence electrons. The van der Waals surface area contributed by atoms with Crippen LogP contribution < -0.4 is 33.9 Å². The third-order valence-corrected chi connectivity index (χ3v) is 4.93. The molecule has 1 aliphatic rings. The predicted molar refractivity (Wildman–Crippen MR) is 116 cm³/mol. The SMILES string of the molecule is COc1cccc(OC)c1OC1Nc2ccccc2N1c1c(OC)cccc1OC. The second-order valence-electron chi connectivity index (χ2n) is 6.50. The van der Waals surface area contributed by atoms with Gasteiger partial charge in [-0.1, -0.05) is 24.3 Å². The molecule has 0 aromatic heterocycles. The monoisotopic (exact) mass is 408 g/mol. The Morgan fingerprint density at radius 3 is 1.77 bits per heavy atom. The van der Waals surface area contributed by atoms with Gasteiger partial charge in [-0.2, -0.15) is 0 Å². The van der Waals surface area contributed by atoms with Gasteiger partial charge >= 0.3 is 0 Å². The second-order valence-corrected chi connectivity index (χ2v) is 6.50. The number of nitrogens with zero attached hydrogens (tertiary/aromatic N) is 1. The summed E-state index contributed by atoms with van der Waals surface area (Å²) in [6.45, 7) is 0. The van der Waals surface area contributed by atoms with E-state index in [1.54, 1.807) is 28.4 Å². The molecule has 0 saturated heterocycles. The van der Waals surface area contributed by atoms with Crippen molar-refractivity contribution in [2.45, 2.75) is 6.35 Å². The molecule has 1 atom stereocenters. The molecule has 0 bridgehead atoms. The Kier molecular flexibility index (Phi) is 5.43. The van der Waals surface area contributed by atoms with E-state index in [1.807, 2.05) is 65.6 Å². The fourth-order valence-corrected chi connectivity index (χ4v) is 3.56. The second kappa shape index (κ2) is 8.32. The van der Waals surface area contributed by atoms with Gasteiger partial charge in [0.25, 0.3) is 6.35 Å². The average molecular weight is 408 g/mol. The molecule has 0 radical (unpaired) electrons.